The summed E-state index contributed by atoms with van der Waals surface area (Å²) in [6.45, 7) is 1.71. The SMILES string of the molecule is C[C@@H](/C=C/S(C)(=O)=O)NC(=O)c1cnc(C2CC2)nc1OC1CC2(CCC2)C1.[HH]. The Balaban J connectivity index is 0.00000240. The standard InChI is InChI=1S/C20H27N3O4S.H2/c1-13(6-9-28(2,25)26)22-18(24)16-12-21-17(14-4-5-14)23-19(16)27-15-10-20(11-15)7-3-8-20;/h6,9,12-15H,3-5,7-8,10-11H2,1-2H3,(H,22,24);1H/b9-6+;/t13-;/m0./s1. The van der Waals surface area contributed by atoms with Crippen LogP contribution in [0.1, 0.15) is 75.4 Å². The number of carbonyl (C=O) groups is 1. The van der Waals surface area contributed by atoms with Gasteiger partial charge in [0.15, 0.2) is 9.84 Å². The molecule has 4 rings (SSSR count). The zero-order valence-electron chi connectivity index (χ0n) is 16.3. The van der Waals surface area contributed by atoms with Crippen molar-refractivity contribution in [1.82, 2.24) is 15.3 Å². The molecule has 3 fully saturated rings. The van der Waals surface area contributed by atoms with E-state index in [1.165, 1.54) is 31.5 Å². The first kappa shape index (κ1) is 19.4. The van der Waals surface area contributed by atoms with Crippen molar-refractivity contribution in [1.29, 1.82) is 0 Å². The van der Waals surface area contributed by atoms with Gasteiger partial charge in [-0.1, -0.05) is 12.5 Å². The van der Waals surface area contributed by atoms with Crippen molar-refractivity contribution >= 4 is 15.7 Å². The van der Waals surface area contributed by atoms with Crippen molar-refractivity contribution < 1.29 is 19.4 Å². The Kier molecular flexibility index (Phi) is 4.93. The molecule has 1 amide bonds. The lowest BCUT2D eigenvalue weighted by atomic mass is 9.55. The Morgan fingerprint density at radius 2 is 2.11 bits per heavy atom. The third kappa shape index (κ3) is 4.37. The van der Waals surface area contributed by atoms with Gasteiger partial charge in [-0.25, -0.2) is 13.4 Å². The van der Waals surface area contributed by atoms with Crippen LogP contribution < -0.4 is 10.1 Å². The maximum absolute atomic E-state index is 12.7. The number of carbonyl (C=O) groups excluding carboxylic acids is 1. The molecule has 3 saturated carbocycles. The van der Waals surface area contributed by atoms with Crippen LogP contribution in [-0.2, 0) is 9.84 Å². The number of amides is 1. The number of ether oxygens (including phenoxy) is 1. The van der Waals surface area contributed by atoms with E-state index in [-0.39, 0.29) is 13.4 Å². The molecule has 28 heavy (non-hydrogen) atoms. The first-order valence-electron chi connectivity index (χ1n) is 9.96. The fraction of sp³-hybridized carbons (Fsp3) is 0.650. The van der Waals surface area contributed by atoms with Gasteiger partial charge < -0.3 is 10.1 Å². The molecule has 1 atom stereocenters. The van der Waals surface area contributed by atoms with Gasteiger partial charge in [0, 0.05) is 31.2 Å². The number of rotatable bonds is 7. The van der Waals surface area contributed by atoms with Crippen molar-refractivity contribution in [3.05, 3.63) is 29.1 Å². The van der Waals surface area contributed by atoms with Gasteiger partial charge in [-0.3, -0.25) is 4.79 Å². The van der Waals surface area contributed by atoms with Crippen LogP contribution in [0.5, 0.6) is 5.88 Å². The van der Waals surface area contributed by atoms with Gasteiger partial charge in [-0.2, -0.15) is 4.98 Å². The average molecular weight is 408 g/mol. The van der Waals surface area contributed by atoms with Crippen molar-refractivity contribution in [3.8, 4) is 5.88 Å². The molecular formula is C20H29N3O4S. The first-order chi connectivity index (χ1) is 13.2. The third-order valence-corrected chi connectivity index (χ3v) is 6.60. The van der Waals surface area contributed by atoms with Gasteiger partial charge >= 0.3 is 0 Å². The summed E-state index contributed by atoms with van der Waals surface area (Å²) in [7, 11) is -3.24. The summed E-state index contributed by atoms with van der Waals surface area (Å²) in [6, 6.07) is -0.444. The summed E-state index contributed by atoms with van der Waals surface area (Å²) in [5.41, 5.74) is 0.781. The van der Waals surface area contributed by atoms with E-state index in [1.807, 2.05) is 0 Å². The predicted molar refractivity (Wildman–Crippen MR) is 107 cm³/mol. The average Bonchev–Trinajstić information content (AvgIpc) is 3.38. The molecule has 7 nitrogen and oxygen atoms in total. The minimum Gasteiger partial charge on any atom is -0.474 e. The van der Waals surface area contributed by atoms with Crippen molar-refractivity contribution in [2.75, 3.05) is 6.26 Å². The molecule has 1 aromatic heterocycles. The van der Waals surface area contributed by atoms with Gasteiger partial charge in [0.05, 0.1) is 0 Å². The topological polar surface area (TPSA) is 98.2 Å². The van der Waals surface area contributed by atoms with Crippen LogP contribution in [-0.4, -0.2) is 42.7 Å². The molecular weight excluding hydrogens is 378 g/mol. The fourth-order valence-electron chi connectivity index (χ4n) is 3.99. The Morgan fingerprint density at radius 3 is 2.68 bits per heavy atom. The second-order valence-corrected chi connectivity index (χ2v) is 10.6. The van der Waals surface area contributed by atoms with E-state index in [1.54, 1.807) is 6.92 Å². The Bertz CT molecular complexity index is 902. The van der Waals surface area contributed by atoms with E-state index >= 15 is 0 Å². The quantitative estimate of drug-likeness (QED) is 0.746. The molecule has 8 heteroatoms. The summed E-state index contributed by atoms with van der Waals surface area (Å²) < 4.78 is 28.6. The molecule has 1 aromatic rings. The molecule has 1 heterocycles. The highest BCUT2D eigenvalue weighted by Crippen LogP contribution is 2.56. The summed E-state index contributed by atoms with van der Waals surface area (Å²) in [5, 5.41) is 3.86. The van der Waals surface area contributed by atoms with E-state index in [4.69, 9.17) is 4.74 Å². The minimum atomic E-state index is -3.24. The number of aromatic nitrogens is 2. The summed E-state index contributed by atoms with van der Waals surface area (Å²) in [6.07, 6.45) is 12.3. The highest BCUT2D eigenvalue weighted by Gasteiger charge is 2.49. The summed E-state index contributed by atoms with van der Waals surface area (Å²) >= 11 is 0. The molecule has 3 aliphatic rings. The van der Waals surface area contributed by atoms with E-state index in [2.05, 4.69) is 15.3 Å². The number of nitrogens with zero attached hydrogens (tertiary/aromatic N) is 2. The lowest BCUT2D eigenvalue weighted by molar-refractivity contribution is -0.0699. The van der Waals surface area contributed by atoms with E-state index < -0.39 is 15.9 Å². The van der Waals surface area contributed by atoms with Gasteiger partial charge in [0.25, 0.3) is 5.91 Å². The molecule has 1 N–H and O–H groups in total. The maximum Gasteiger partial charge on any atom is 0.258 e. The van der Waals surface area contributed by atoms with Crippen LogP contribution in [0.25, 0.3) is 0 Å². The minimum absolute atomic E-state index is 0. The number of hydrogen-bond donors (Lipinski definition) is 1. The van der Waals surface area contributed by atoms with Crippen LogP contribution >= 0.6 is 0 Å². The molecule has 0 aliphatic heterocycles. The van der Waals surface area contributed by atoms with Gasteiger partial charge in [0.2, 0.25) is 5.88 Å². The second kappa shape index (κ2) is 7.13. The van der Waals surface area contributed by atoms with Gasteiger partial charge in [0.1, 0.15) is 17.5 Å². The van der Waals surface area contributed by atoms with Crippen LogP contribution in [0, 0.1) is 5.41 Å². The molecule has 0 unspecified atom stereocenters. The molecule has 0 bridgehead atoms. The molecule has 0 saturated heterocycles. The Hall–Kier alpha value is -1.96. The van der Waals surface area contributed by atoms with Crippen LogP contribution in [0.2, 0.25) is 0 Å². The third-order valence-electron chi connectivity index (χ3n) is 5.95. The predicted octanol–water partition coefficient (Wildman–Crippen LogP) is 2.99. The Labute approximate surface area is 167 Å². The lowest BCUT2D eigenvalue weighted by Gasteiger charge is -2.53. The van der Waals surface area contributed by atoms with E-state index in [0.717, 1.165) is 43.2 Å². The van der Waals surface area contributed by atoms with E-state index in [9.17, 15) is 13.2 Å². The molecule has 154 valence electrons. The molecule has 0 aromatic carbocycles. The van der Waals surface area contributed by atoms with Crippen LogP contribution in [0.15, 0.2) is 17.7 Å². The zero-order chi connectivity index (χ0) is 19.9. The monoisotopic (exact) mass is 407 g/mol. The summed E-state index contributed by atoms with van der Waals surface area (Å²) in [5.74, 6) is 1.11. The summed E-state index contributed by atoms with van der Waals surface area (Å²) in [4.78, 5) is 21.6. The van der Waals surface area contributed by atoms with Gasteiger partial charge in [-0.15, -0.1) is 0 Å². The number of hydrogen-bond acceptors (Lipinski definition) is 6. The molecule has 1 spiro atoms. The van der Waals surface area contributed by atoms with Crippen LogP contribution in [0.4, 0.5) is 0 Å². The maximum atomic E-state index is 12.7. The van der Waals surface area contributed by atoms with Crippen molar-refractivity contribution in [2.45, 2.75) is 69.9 Å². The first-order valence-corrected chi connectivity index (χ1v) is 11.9. The molecule has 3 aliphatic carbocycles. The van der Waals surface area contributed by atoms with Gasteiger partial charge in [-0.05, 0) is 50.9 Å². The number of sulfone groups is 1. The van der Waals surface area contributed by atoms with E-state index in [0.29, 0.717) is 22.8 Å². The normalized spacial score (nSPS) is 22.5. The molecule has 0 radical (unpaired) electrons. The zero-order valence-corrected chi connectivity index (χ0v) is 17.2. The second-order valence-electron chi connectivity index (χ2n) is 8.64. The van der Waals surface area contributed by atoms with Crippen molar-refractivity contribution in [3.63, 3.8) is 0 Å². The number of nitrogens with one attached hydrogen (secondary N) is 1. The highest BCUT2D eigenvalue weighted by molar-refractivity contribution is 7.93. The van der Waals surface area contributed by atoms with Crippen LogP contribution in [0.3, 0.4) is 0 Å². The smallest absolute Gasteiger partial charge is 0.258 e. The highest BCUT2D eigenvalue weighted by atomic mass is 32.2. The largest absolute Gasteiger partial charge is 0.474 e. The fourth-order valence-corrected chi connectivity index (χ4v) is 4.51. The van der Waals surface area contributed by atoms with Crippen molar-refractivity contribution in [2.24, 2.45) is 5.41 Å². The Morgan fingerprint density at radius 1 is 1.39 bits per heavy atom. The lowest BCUT2D eigenvalue weighted by Crippen LogP contribution is -2.48.